The predicted octanol–water partition coefficient (Wildman–Crippen LogP) is 4.47. The number of carbonyl (C=O) groups excluding carboxylic acids is 1. The first-order valence-electron chi connectivity index (χ1n) is 7.42. The Balaban J connectivity index is 1.85. The van der Waals surface area contributed by atoms with Crippen LogP contribution >= 0.6 is 11.3 Å². The smallest absolute Gasteiger partial charge is 0.226 e. The summed E-state index contributed by atoms with van der Waals surface area (Å²) < 4.78 is 0. The van der Waals surface area contributed by atoms with Crippen LogP contribution in [0.2, 0.25) is 0 Å². The van der Waals surface area contributed by atoms with Crippen molar-refractivity contribution in [3.8, 4) is 22.0 Å². The highest BCUT2D eigenvalue weighted by molar-refractivity contribution is 7.13. The van der Waals surface area contributed by atoms with Crippen molar-refractivity contribution in [2.75, 3.05) is 5.32 Å². The summed E-state index contributed by atoms with van der Waals surface area (Å²) in [5, 5.41) is 5.81. The molecule has 116 valence electrons. The molecule has 5 heteroatoms. The van der Waals surface area contributed by atoms with E-state index < -0.39 is 0 Å². The van der Waals surface area contributed by atoms with E-state index in [-0.39, 0.29) is 11.8 Å². The van der Waals surface area contributed by atoms with Gasteiger partial charge in [-0.3, -0.25) is 9.78 Å². The van der Waals surface area contributed by atoms with Crippen LogP contribution in [0.25, 0.3) is 22.0 Å². The van der Waals surface area contributed by atoms with E-state index in [2.05, 4.69) is 15.3 Å². The van der Waals surface area contributed by atoms with Crippen LogP contribution in [-0.4, -0.2) is 15.9 Å². The van der Waals surface area contributed by atoms with E-state index in [9.17, 15) is 4.79 Å². The maximum Gasteiger partial charge on any atom is 0.226 e. The molecule has 23 heavy (non-hydrogen) atoms. The van der Waals surface area contributed by atoms with Gasteiger partial charge in [0.05, 0.1) is 11.4 Å². The van der Waals surface area contributed by atoms with E-state index in [1.807, 2.05) is 61.7 Å². The Labute approximate surface area is 139 Å². The van der Waals surface area contributed by atoms with Gasteiger partial charge in [0, 0.05) is 28.7 Å². The molecule has 0 unspecified atom stereocenters. The fraction of sp³-hybridized carbons (Fsp3) is 0.167. The first-order valence-corrected chi connectivity index (χ1v) is 8.29. The van der Waals surface area contributed by atoms with Gasteiger partial charge in [0.1, 0.15) is 5.01 Å². The first-order chi connectivity index (χ1) is 11.1. The van der Waals surface area contributed by atoms with Crippen LogP contribution in [0.4, 0.5) is 5.69 Å². The summed E-state index contributed by atoms with van der Waals surface area (Å²) in [6, 6.07) is 13.5. The van der Waals surface area contributed by atoms with Gasteiger partial charge in [-0.25, -0.2) is 4.98 Å². The molecule has 0 atom stereocenters. The highest BCUT2D eigenvalue weighted by atomic mass is 32.1. The number of pyridine rings is 1. The lowest BCUT2D eigenvalue weighted by molar-refractivity contribution is -0.118. The Morgan fingerprint density at radius 2 is 2.00 bits per heavy atom. The number of hydrogen-bond acceptors (Lipinski definition) is 4. The molecular weight excluding hydrogens is 306 g/mol. The maximum absolute atomic E-state index is 11.8. The summed E-state index contributed by atoms with van der Waals surface area (Å²) in [6.07, 6.45) is 1.76. The second kappa shape index (κ2) is 6.71. The molecule has 1 N–H and O–H groups in total. The van der Waals surface area contributed by atoms with E-state index in [0.29, 0.717) is 0 Å². The van der Waals surface area contributed by atoms with Crippen molar-refractivity contribution in [1.82, 2.24) is 9.97 Å². The van der Waals surface area contributed by atoms with Crippen molar-refractivity contribution < 1.29 is 4.79 Å². The number of benzene rings is 1. The molecule has 0 fully saturated rings. The van der Waals surface area contributed by atoms with Crippen molar-refractivity contribution in [2.45, 2.75) is 13.8 Å². The highest BCUT2D eigenvalue weighted by Crippen LogP contribution is 2.29. The van der Waals surface area contributed by atoms with E-state index >= 15 is 0 Å². The van der Waals surface area contributed by atoms with Crippen molar-refractivity contribution in [3.63, 3.8) is 0 Å². The molecule has 0 saturated heterocycles. The average Bonchev–Trinajstić information content (AvgIpc) is 3.06. The Kier molecular flexibility index (Phi) is 4.48. The van der Waals surface area contributed by atoms with Gasteiger partial charge < -0.3 is 5.32 Å². The Morgan fingerprint density at radius 3 is 2.74 bits per heavy atom. The van der Waals surface area contributed by atoms with E-state index in [1.165, 1.54) is 0 Å². The van der Waals surface area contributed by atoms with Gasteiger partial charge in [-0.1, -0.05) is 32.0 Å². The van der Waals surface area contributed by atoms with Crippen LogP contribution in [-0.2, 0) is 4.79 Å². The minimum absolute atomic E-state index is 0.00889. The monoisotopic (exact) mass is 323 g/mol. The lowest BCUT2D eigenvalue weighted by Gasteiger charge is -2.08. The molecule has 0 aliphatic carbocycles. The zero-order chi connectivity index (χ0) is 16.2. The molecule has 3 rings (SSSR count). The third-order valence-electron chi connectivity index (χ3n) is 3.34. The third-order valence-corrected chi connectivity index (χ3v) is 4.20. The molecule has 4 nitrogen and oxygen atoms in total. The Bertz CT molecular complexity index is 812. The number of rotatable bonds is 4. The highest BCUT2D eigenvalue weighted by Gasteiger charge is 2.10. The van der Waals surface area contributed by atoms with Crippen molar-refractivity contribution >= 4 is 22.9 Å². The molecule has 0 radical (unpaired) electrons. The summed E-state index contributed by atoms with van der Waals surface area (Å²) in [6.45, 7) is 3.75. The maximum atomic E-state index is 11.8. The van der Waals surface area contributed by atoms with Crippen molar-refractivity contribution in [3.05, 3.63) is 54.0 Å². The second-order valence-corrected chi connectivity index (χ2v) is 6.34. The van der Waals surface area contributed by atoms with Gasteiger partial charge in [-0.05, 0) is 24.3 Å². The standard InChI is InChI=1S/C18H17N3OS/c1-12(2)17(22)20-14-7-5-6-13(10-14)16-11-23-18(21-16)15-8-3-4-9-19-15/h3-12H,1-2H3,(H,20,22). The third kappa shape index (κ3) is 3.63. The van der Waals surface area contributed by atoms with Gasteiger partial charge in [0.25, 0.3) is 0 Å². The number of aromatic nitrogens is 2. The quantitative estimate of drug-likeness (QED) is 0.771. The van der Waals surface area contributed by atoms with Gasteiger partial charge >= 0.3 is 0 Å². The summed E-state index contributed by atoms with van der Waals surface area (Å²) in [7, 11) is 0. The molecule has 3 aromatic rings. The predicted molar refractivity (Wildman–Crippen MR) is 94.2 cm³/mol. The van der Waals surface area contributed by atoms with Crippen LogP contribution in [0, 0.1) is 5.92 Å². The number of amides is 1. The number of anilines is 1. The van der Waals surface area contributed by atoms with E-state index in [1.54, 1.807) is 17.5 Å². The fourth-order valence-corrected chi connectivity index (χ4v) is 2.86. The van der Waals surface area contributed by atoms with Gasteiger partial charge in [-0.2, -0.15) is 0 Å². The summed E-state index contributed by atoms with van der Waals surface area (Å²) in [4.78, 5) is 20.8. The molecule has 0 aliphatic rings. The van der Waals surface area contributed by atoms with Crippen molar-refractivity contribution in [1.29, 1.82) is 0 Å². The number of thiazole rings is 1. The van der Waals surface area contributed by atoms with E-state index in [4.69, 9.17) is 0 Å². The van der Waals surface area contributed by atoms with Crippen LogP contribution in [0.3, 0.4) is 0 Å². The topological polar surface area (TPSA) is 54.9 Å². The van der Waals surface area contributed by atoms with Crippen LogP contribution in [0.1, 0.15) is 13.8 Å². The number of nitrogens with one attached hydrogen (secondary N) is 1. The number of nitrogens with zero attached hydrogens (tertiary/aromatic N) is 2. The normalized spacial score (nSPS) is 10.7. The zero-order valence-corrected chi connectivity index (χ0v) is 13.8. The first kappa shape index (κ1) is 15.4. The van der Waals surface area contributed by atoms with Crippen LogP contribution in [0.5, 0.6) is 0 Å². The molecule has 0 saturated carbocycles. The van der Waals surface area contributed by atoms with Gasteiger partial charge in [0.15, 0.2) is 0 Å². The lowest BCUT2D eigenvalue weighted by atomic mass is 10.1. The number of carbonyl (C=O) groups is 1. The van der Waals surface area contributed by atoms with Crippen molar-refractivity contribution in [2.24, 2.45) is 5.92 Å². The molecule has 0 aliphatic heterocycles. The van der Waals surface area contributed by atoms with Gasteiger partial charge in [0.2, 0.25) is 5.91 Å². The fourth-order valence-electron chi connectivity index (χ4n) is 2.06. The lowest BCUT2D eigenvalue weighted by Crippen LogP contribution is -2.17. The minimum Gasteiger partial charge on any atom is -0.326 e. The molecule has 0 bridgehead atoms. The molecule has 0 spiro atoms. The SMILES string of the molecule is CC(C)C(=O)Nc1cccc(-c2csc(-c3ccccn3)n2)c1. The number of hydrogen-bond donors (Lipinski definition) is 1. The molecule has 2 heterocycles. The zero-order valence-electron chi connectivity index (χ0n) is 13.0. The van der Waals surface area contributed by atoms with Gasteiger partial charge in [-0.15, -0.1) is 11.3 Å². The van der Waals surface area contributed by atoms with Crippen LogP contribution in [0.15, 0.2) is 54.0 Å². The Hall–Kier alpha value is -2.53. The largest absolute Gasteiger partial charge is 0.326 e. The Morgan fingerprint density at radius 1 is 1.13 bits per heavy atom. The second-order valence-electron chi connectivity index (χ2n) is 5.48. The summed E-state index contributed by atoms with van der Waals surface area (Å²) >= 11 is 1.56. The average molecular weight is 323 g/mol. The molecular formula is C18H17N3OS. The summed E-state index contributed by atoms with van der Waals surface area (Å²) in [5.41, 5.74) is 3.52. The molecule has 2 aromatic heterocycles. The van der Waals surface area contributed by atoms with Crippen LogP contribution < -0.4 is 5.32 Å². The molecule has 1 amide bonds. The van der Waals surface area contributed by atoms with E-state index in [0.717, 1.165) is 27.6 Å². The molecule has 1 aromatic carbocycles. The summed E-state index contributed by atoms with van der Waals surface area (Å²) in [5.74, 6) is -0.0386. The minimum atomic E-state index is -0.0475.